The summed E-state index contributed by atoms with van der Waals surface area (Å²) < 4.78 is 7.54. The van der Waals surface area contributed by atoms with Crippen molar-refractivity contribution in [1.82, 2.24) is 9.55 Å². The number of hydrogen-bond acceptors (Lipinski definition) is 5. The van der Waals surface area contributed by atoms with Gasteiger partial charge in [-0.2, -0.15) is 0 Å². The molecule has 0 saturated heterocycles. The Morgan fingerprint density at radius 3 is 2.54 bits per heavy atom. The number of halogens is 1. The van der Waals surface area contributed by atoms with Crippen LogP contribution in [0.4, 0.5) is 16.2 Å². The van der Waals surface area contributed by atoms with E-state index in [4.69, 9.17) is 4.74 Å². The largest absolute Gasteiger partial charge is 0.444 e. The smallest absolute Gasteiger partial charge is 0.412 e. The summed E-state index contributed by atoms with van der Waals surface area (Å²) in [7, 11) is 1.66. The first-order valence-electron chi connectivity index (χ1n) is 11.3. The standard InChI is InChI=1S/C25H27BrN4O5/c1-25(2,3)35-24(34)27-16-6-9-17(10-7-16)29(4)20(31)13-18-8-5-14-11-15(26)12-19-21(14)30(18)23(33)22(32)28-19/h6-7,9-12,18H,5,8,13H2,1-4H3,(H,27,34)(H,28,32). The number of amides is 2. The van der Waals surface area contributed by atoms with Gasteiger partial charge in [0.25, 0.3) is 0 Å². The number of nitrogens with zero attached hydrogens (tertiary/aromatic N) is 2. The van der Waals surface area contributed by atoms with E-state index in [1.165, 1.54) is 9.47 Å². The third-order valence-corrected chi connectivity index (χ3v) is 6.31. The number of rotatable bonds is 4. The first-order chi connectivity index (χ1) is 16.4. The van der Waals surface area contributed by atoms with Crippen molar-refractivity contribution in [2.45, 2.75) is 51.7 Å². The lowest BCUT2D eigenvalue weighted by atomic mass is 9.96. The zero-order chi connectivity index (χ0) is 25.5. The van der Waals surface area contributed by atoms with Crippen LogP contribution in [0.15, 0.2) is 50.5 Å². The predicted molar refractivity (Wildman–Crippen MR) is 138 cm³/mol. The molecule has 1 aliphatic heterocycles. The van der Waals surface area contributed by atoms with Gasteiger partial charge in [-0.1, -0.05) is 15.9 Å². The number of H-pyrrole nitrogens is 1. The minimum absolute atomic E-state index is 0.0718. The third-order valence-electron chi connectivity index (χ3n) is 5.85. The topological polar surface area (TPSA) is 114 Å². The van der Waals surface area contributed by atoms with Crippen molar-refractivity contribution in [3.8, 4) is 0 Å². The molecule has 4 rings (SSSR count). The maximum atomic E-state index is 13.1. The van der Waals surface area contributed by atoms with Crippen LogP contribution in [0.2, 0.25) is 0 Å². The van der Waals surface area contributed by atoms with E-state index in [0.29, 0.717) is 35.2 Å². The number of aromatic amines is 1. The fourth-order valence-electron chi connectivity index (χ4n) is 4.28. The number of hydrogen-bond donors (Lipinski definition) is 2. The van der Waals surface area contributed by atoms with Gasteiger partial charge >= 0.3 is 17.2 Å². The lowest BCUT2D eigenvalue weighted by Crippen LogP contribution is -2.41. The SMILES string of the molecule is CN(C(=O)CC1CCc2cc(Br)cc3[nH]c(=O)c(=O)n1c23)c1ccc(NC(=O)OC(C)(C)C)cc1. The van der Waals surface area contributed by atoms with Gasteiger partial charge in [-0.15, -0.1) is 0 Å². The van der Waals surface area contributed by atoms with Crippen LogP contribution in [0.3, 0.4) is 0 Å². The van der Waals surface area contributed by atoms with E-state index in [9.17, 15) is 19.2 Å². The van der Waals surface area contributed by atoms with Crippen LogP contribution >= 0.6 is 15.9 Å². The predicted octanol–water partition coefficient (Wildman–Crippen LogP) is 4.34. The molecule has 3 aromatic rings. The molecule has 0 bridgehead atoms. The van der Waals surface area contributed by atoms with E-state index >= 15 is 0 Å². The van der Waals surface area contributed by atoms with Gasteiger partial charge < -0.3 is 14.6 Å². The van der Waals surface area contributed by atoms with Gasteiger partial charge in [-0.3, -0.25) is 24.3 Å². The van der Waals surface area contributed by atoms with Gasteiger partial charge in [0.05, 0.1) is 11.0 Å². The molecule has 0 radical (unpaired) electrons. The first-order valence-corrected chi connectivity index (χ1v) is 12.1. The van der Waals surface area contributed by atoms with Gasteiger partial charge in [-0.25, -0.2) is 4.79 Å². The molecule has 0 saturated carbocycles. The van der Waals surface area contributed by atoms with Crippen LogP contribution < -0.4 is 21.3 Å². The van der Waals surface area contributed by atoms with E-state index in [0.717, 1.165) is 10.0 Å². The summed E-state index contributed by atoms with van der Waals surface area (Å²) in [6.45, 7) is 5.35. The molecule has 10 heteroatoms. The molecule has 0 spiro atoms. The van der Waals surface area contributed by atoms with Gasteiger partial charge in [-0.05, 0) is 75.6 Å². The Labute approximate surface area is 210 Å². The molecule has 2 amide bonds. The molecular weight excluding hydrogens is 516 g/mol. The van der Waals surface area contributed by atoms with Crippen molar-refractivity contribution in [2.24, 2.45) is 0 Å². The highest BCUT2D eigenvalue weighted by Crippen LogP contribution is 2.33. The zero-order valence-corrected chi connectivity index (χ0v) is 21.6. The number of carbonyl (C=O) groups is 2. The molecule has 1 atom stereocenters. The molecule has 1 aromatic heterocycles. The lowest BCUT2D eigenvalue weighted by Gasteiger charge is -2.29. The molecule has 1 aliphatic rings. The number of aromatic nitrogens is 2. The maximum Gasteiger partial charge on any atom is 0.412 e. The zero-order valence-electron chi connectivity index (χ0n) is 20.0. The van der Waals surface area contributed by atoms with E-state index in [2.05, 4.69) is 26.2 Å². The van der Waals surface area contributed by atoms with E-state index < -0.39 is 28.9 Å². The van der Waals surface area contributed by atoms with Gasteiger partial charge in [0.2, 0.25) is 5.91 Å². The van der Waals surface area contributed by atoms with Crippen LogP contribution in [-0.4, -0.2) is 34.2 Å². The fourth-order valence-corrected chi connectivity index (χ4v) is 4.78. The molecule has 2 N–H and O–H groups in total. The molecule has 1 unspecified atom stereocenters. The van der Waals surface area contributed by atoms with E-state index in [1.54, 1.807) is 58.2 Å². The van der Waals surface area contributed by atoms with Gasteiger partial charge in [0.1, 0.15) is 5.60 Å². The third kappa shape index (κ3) is 5.32. The summed E-state index contributed by atoms with van der Waals surface area (Å²) in [4.78, 5) is 54.3. The van der Waals surface area contributed by atoms with Crippen molar-refractivity contribution in [1.29, 1.82) is 0 Å². The van der Waals surface area contributed by atoms with Crippen molar-refractivity contribution in [3.63, 3.8) is 0 Å². The molecule has 35 heavy (non-hydrogen) atoms. The van der Waals surface area contributed by atoms with Crippen LogP contribution in [0.1, 0.15) is 45.2 Å². The second-order valence-corrected chi connectivity index (χ2v) is 10.5. The molecule has 9 nitrogen and oxygen atoms in total. The average Bonchev–Trinajstić information content (AvgIpc) is 2.76. The quantitative estimate of drug-likeness (QED) is 0.476. The minimum Gasteiger partial charge on any atom is -0.444 e. The Hall–Kier alpha value is -3.40. The Morgan fingerprint density at radius 1 is 1.20 bits per heavy atom. The highest BCUT2D eigenvalue weighted by atomic mass is 79.9. The monoisotopic (exact) mass is 542 g/mol. The van der Waals surface area contributed by atoms with Crippen molar-refractivity contribution >= 4 is 50.3 Å². The summed E-state index contributed by atoms with van der Waals surface area (Å²) in [5.41, 5.74) is 1.39. The number of carbonyl (C=O) groups excluding carboxylic acids is 2. The molecule has 0 aliphatic carbocycles. The van der Waals surface area contributed by atoms with E-state index in [-0.39, 0.29) is 12.3 Å². The Bertz CT molecular complexity index is 1420. The number of benzene rings is 2. The summed E-state index contributed by atoms with van der Waals surface area (Å²) in [5, 5.41) is 2.66. The maximum absolute atomic E-state index is 13.1. The molecule has 2 aromatic carbocycles. The van der Waals surface area contributed by atoms with Crippen molar-refractivity contribution in [3.05, 3.63) is 67.1 Å². The lowest BCUT2D eigenvalue weighted by molar-refractivity contribution is -0.119. The summed E-state index contributed by atoms with van der Waals surface area (Å²) in [5.74, 6) is -0.191. The van der Waals surface area contributed by atoms with Crippen LogP contribution in [0.5, 0.6) is 0 Å². The van der Waals surface area contributed by atoms with Crippen molar-refractivity contribution < 1.29 is 14.3 Å². The Balaban J connectivity index is 1.52. The summed E-state index contributed by atoms with van der Waals surface area (Å²) >= 11 is 3.45. The highest BCUT2D eigenvalue weighted by molar-refractivity contribution is 9.10. The number of anilines is 2. The molecule has 0 fully saturated rings. The normalized spacial score (nSPS) is 15.1. The van der Waals surface area contributed by atoms with Crippen LogP contribution in [0.25, 0.3) is 11.0 Å². The van der Waals surface area contributed by atoms with Gasteiger partial charge in [0, 0.05) is 35.4 Å². The van der Waals surface area contributed by atoms with Crippen LogP contribution in [0, 0.1) is 0 Å². The molecule has 184 valence electrons. The number of aryl methyl sites for hydroxylation is 1. The Morgan fingerprint density at radius 2 is 1.89 bits per heavy atom. The average molecular weight is 543 g/mol. The summed E-state index contributed by atoms with van der Waals surface area (Å²) in [6.07, 6.45) is 0.769. The second-order valence-electron chi connectivity index (χ2n) is 9.61. The highest BCUT2D eigenvalue weighted by Gasteiger charge is 2.28. The Kier molecular flexibility index (Phi) is 6.59. The first kappa shape index (κ1) is 24.7. The van der Waals surface area contributed by atoms with Crippen molar-refractivity contribution in [2.75, 3.05) is 17.3 Å². The minimum atomic E-state index is -0.706. The number of nitrogens with one attached hydrogen (secondary N) is 2. The number of ether oxygens (including phenoxy) is 1. The van der Waals surface area contributed by atoms with Crippen LogP contribution in [-0.2, 0) is 16.0 Å². The summed E-state index contributed by atoms with van der Waals surface area (Å²) in [6, 6.07) is 10.1. The second kappa shape index (κ2) is 9.33. The molecular formula is C25H27BrN4O5. The molecule has 2 heterocycles. The fraction of sp³-hybridized carbons (Fsp3) is 0.360. The van der Waals surface area contributed by atoms with E-state index in [1.807, 2.05) is 6.07 Å². The van der Waals surface area contributed by atoms with Gasteiger partial charge in [0.15, 0.2) is 0 Å².